The van der Waals surface area contributed by atoms with Gasteiger partial charge in [0.2, 0.25) is 0 Å². The van der Waals surface area contributed by atoms with Gasteiger partial charge in [0, 0.05) is 4.88 Å². The van der Waals surface area contributed by atoms with Gasteiger partial charge in [-0.2, -0.15) is 0 Å². The van der Waals surface area contributed by atoms with Crippen molar-refractivity contribution in [2.24, 2.45) is 0 Å². The third-order valence-electron chi connectivity index (χ3n) is 4.99. The summed E-state index contributed by atoms with van der Waals surface area (Å²) in [4.78, 5) is 23.8. The predicted octanol–water partition coefficient (Wildman–Crippen LogP) is 3.00. The zero-order valence-electron chi connectivity index (χ0n) is 14.4. The van der Waals surface area contributed by atoms with Crippen LogP contribution < -0.4 is 10.5 Å². The van der Waals surface area contributed by atoms with E-state index in [1.54, 1.807) is 16.2 Å². The van der Waals surface area contributed by atoms with Gasteiger partial charge in [0.1, 0.15) is 11.4 Å². The number of fused-ring (bicyclic) bond motifs is 1. The van der Waals surface area contributed by atoms with Crippen molar-refractivity contribution < 1.29 is 4.90 Å². The molecule has 0 aliphatic carbocycles. The molecule has 1 fully saturated rings. The van der Waals surface area contributed by atoms with E-state index >= 15 is 0 Å². The molecule has 1 aliphatic heterocycles. The Balaban J connectivity index is 1.61. The van der Waals surface area contributed by atoms with Crippen LogP contribution in [0.4, 0.5) is 0 Å². The number of hydrogen-bond donors (Lipinski definition) is 2. The molecule has 0 radical (unpaired) electrons. The Hall–Kier alpha value is -1.98. The van der Waals surface area contributed by atoms with E-state index in [-0.39, 0.29) is 5.56 Å². The number of aromatic amines is 1. The van der Waals surface area contributed by atoms with Crippen molar-refractivity contribution in [3.05, 3.63) is 52.6 Å². The Morgan fingerprint density at radius 1 is 1.04 bits per heavy atom. The van der Waals surface area contributed by atoms with Crippen LogP contribution in [-0.4, -0.2) is 23.1 Å². The topological polar surface area (TPSA) is 50.2 Å². The summed E-state index contributed by atoms with van der Waals surface area (Å²) in [6.07, 6.45) is 6.58. The fraction of sp³-hybridized carbons (Fsp3) is 0.400. The van der Waals surface area contributed by atoms with Crippen LogP contribution in [0.15, 0.2) is 41.2 Å². The predicted molar refractivity (Wildman–Crippen MR) is 103 cm³/mol. The van der Waals surface area contributed by atoms with Gasteiger partial charge in [-0.25, -0.2) is 4.98 Å². The molecule has 4 rings (SSSR count). The molecule has 1 aromatic carbocycles. The van der Waals surface area contributed by atoms with Gasteiger partial charge in [0.25, 0.3) is 5.56 Å². The molecular weight excluding hydrogens is 330 g/mol. The normalized spacial score (nSPS) is 16.6. The number of hydrogen-bond acceptors (Lipinski definition) is 3. The number of nitrogens with one attached hydrogen (secondary N) is 2. The van der Waals surface area contributed by atoms with E-state index in [1.165, 1.54) is 45.2 Å². The van der Waals surface area contributed by atoms with E-state index in [0.717, 1.165) is 27.6 Å². The maximum absolute atomic E-state index is 12.5. The molecule has 0 atom stereocenters. The Labute approximate surface area is 151 Å². The number of H-pyrrole nitrogens is 1. The Morgan fingerprint density at radius 3 is 2.52 bits per heavy atom. The number of likely N-dealkylation sites (tertiary alicyclic amines) is 1. The van der Waals surface area contributed by atoms with Crippen LogP contribution in [0.25, 0.3) is 20.7 Å². The molecule has 0 spiro atoms. The summed E-state index contributed by atoms with van der Waals surface area (Å²) < 4.78 is 0. The minimum absolute atomic E-state index is 0.00937. The molecule has 0 bridgehead atoms. The molecule has 2 aromatic heterocycles. The monoisotopic (exact) mass is 354 g/mol. The lowest BCUT2D eigenvalue weighted by Gasteiger charge is -2.21. The molecule has 3 aromatic rings. The molecule has 25 heavy (non-hydrogen) atoms. The van der Waals surface area contributed by atoms with Crippen molar-refractivity contribution in [2.75, 3.05) is 13.1 Å². The average Bonchev–Trinajstić information content (AvgIpc) is 3.03. The van der Waals surface area contributed by atoms with Crippen molar-refractivity contribution in [1.29, 1.82) is 0 Å². The number of quaternary nitrogens is 1. The van der Waals surface area contributed by atoms with Gasteiger partial charge in [0.15, 0.2) is 5.82 Å². The summed E-state index contributed by atoms with van der Waals surface area (Å²) in [7, 11) is 0. The Bertz CT molecular complexity index is 892. The average molecular weight is 354 g/mol. The van der Waals surface area contributed by atoms with Gasteiger partial charge in [0.05, 0.1) is 18.5 Å². The Morgan fingerprint density at radius 2 is 1.76 bits per heavy atom. The quantitative estimate of drug-likeness (QED) is 0.760. The minimum atomic E-state index is -0.00937. The van der Waals surface area contributed by atoms with Crippen LogP contribution in [0.1, 0.15) is 37.9 Å². The number of rotatable bonds is 3. The highest BCUT2D eigenvalue weighted by molar-refractivity contribution is 7.21. The van der Waals surface area contributed by atoms with Crippen LogP contribution in [0.5, 0.6) is 0 Å². The maximum Gasteiger partial charge on any atom is 0.259 e. The summed E-state index contributed by atoms with van der Waals surface area (Å²) in [6.45, 7) is 3.19. The second kappa shape index (κ2) is 7.50. The number of thiophene rings is 1. The van der Waals surface area contributed by atoms with E-state index in [9.17, 15) is 4.79 Å². The van der Waals surface area contributed by atoms with Gasteiger partial charge < -0.3 is 9.88 Å². The van der Waals surface area contributed by atoms with Crippen molar-refractivity contribution in [3.63, 3.8) is 0 Å². The lowest BCUT2D eigenvalue weighted by atomic mass is 10.1. The molecule has 1 saturated heterocycles. The summed E-state index contributed by atoms with van der Waals surface area (Å²) in [5.41, 5.74) is 1.13. The van der Waals surface area contributed by atoms with Crippen molar-refractivity contribution in [1.82, 2.24) is 9.97 Å². The summed E-state index contributed by atoms with van der Waals surface area (Å²) in [5, 5.41) is 0.704. The highest BCUT2D eigenvalue weighted by Crippen LogP contribution is 2.30. The van der Waals surface area contributed by atoms with E-state index in [4.69, 9.17) is 4.98 Å². The number of benzene rings is 1. The zero-order chi connectivity index (χ0) is 17.1. The maximum atomic E-state index is 12.5. The van der Waals surface area contributed by atoms with Crippen molar-refractivity contribution in [3.8, 4) is 10.4 Å². The molecular formula is C20H24N3OS+. The number of aromatic nitrogens is 2. The second-order valence-electron chi connectivity index (χ2n) is 6.90. The van der Waals surface area contributed by atoms with Crippen LogP contribution in [0.2, 0.25) is 0 Å². The highest BCUT2D eigenvalue weighted by Gasteiger charge is 2.16. The molecule has 2 N–H and O–H groups in total. The first-order valence-electron chi connectivity index (χ1n) is 9.21. The SMILES string of the molecule is O=c1[nH]c(C[NH+]2CCCCCCC2)nc2sc(-c3ccccc3)cc12. The third kappa shape index (κ3) is 3.83. The largest absolute Gasteiger partial charge is 0.329 e. The molecule has 0 saturated carbocycles. The molecule has 1 aliphatic rings. The minimum Gasteiger partial charge on any atom is -0.329 e. The van der Waals surface area contributed by atoms with Gasteiger partial charge in [-0.15, -0.1) is 11.3 Å². The van der Waals surface area contributed by atoms with Crippen LogP contribution in [0.3, 0.4) is 0 Å². The van der Waals surface area contributed by atoms with Gasteiger partial charge >= 0.3 is 0 Å². The summed E-state index contributed by atoms with van der Waals surface area (Å²) in [5.74, 6) is 0.828. The highest BCUT2D eigenvalue weighted by atomic mass is 32.1. The first-order chi connectivity index (χ1) is 12.3. The van der Waals surface area contributed by atoms with Crippen molar-refractivity contribution >= 4 is 21.6 Å². The van der Waals surface area contributed by atoms with Gasteiger partial charge in [-0.1, -0.05) is 36.8 Å². The molecule has 3 heterocycles. The second-order valence-corrected chi connectivity index (χ2v) is 7.93. The summed E-state index contributed by atoms with van der Waals surface area (Å²) >= 11 is 1.61. The van der Waals surface area contributed by atoms with Gasteiger partial charge in [-0.3, -0.25) is 4.79 Å². The molecule has 4 nitrogen and oxygen atoms in total. The molecule has 0 unspecified atom stereocenters. The molecule has 0 amide bonds. The fourth-order valence-corrected chi connectivity index (χ4v) is 4.68. The van der Waals surface area contributed by atoms with Gasteiger partial charge in [-0.05, 0) is 37.3 Å². The lowest BCUT2D eigenvalue weighted by Crippen LogP contribution is -3.10. The molecule has 130 valence electrons. The van der Waals surface area contributed by atoms with E-state index in [2.05, 4.69) is 17.1 Å². The zero-order valence-corrected chi connectivity index (χ0v) is 15.2. The summed E-state index contributed by atoms with van der Waals surface area (Å²) in [6, 6.07) is 12.2. The van der Waals surface area contributed by atoms with Crippen LogP contribution in [0, 0.1) is 0 Å². The third-order valence-corrected chi connectivity index (χ3v) is 6.07. The van der Waals surface area contributed by atoms with E-state index < -0.39 is 0 Å². The van der Waals surface area contributed by atoms with E-state index in [0.29, 0.717) is 5.39 Å². The number of nitrogens with zero attached hydrogens (tertiary/aromatic N) is 1. The Kier molecular flexibility index (Phi) is 4.95. The standard InChI is InChI=1S/C20H23N3OS/c24-19-16-13-17(15-9-5-4-6-10-15)25-20(16)22-18(21-19)14-23-11-7-2-1-3-8-12-23/h4-6,9-10,13H,1-3,7-8,11-12,14H2,(H,21,22,24)/p+1. The smallest absolute Gasteiger partial charge is 0.259 e. The lowest BCUT2D eigenvalue weighted by molar-refractivity contribution is -0.915. The fourth-order valence-electron chi connectivity index (χ4n) is 3.62. The first-order valence-corrected chi connectivity index (χ1v) is 10.0. The van der Waals surface area contributed by atoms with E-state index in [1.807, 2.05) is 24.3 Å². The van der Waals surface area contributed by atoms with Crippen LogP contribution >= 0.6 is 11.3 Å². The van der Waals surface area contributed by atoms with Crippen LogP contribution in [-0.2, 0) is 6.54 Å². The first kappa shape index (κ1) is 16.5. The van der Waals surface area contributed by atoms with Crippen molar-refractivity contribution in [2.45, 2.75) is 38.6 Å². The molecule has 5 heteroatoms.